The van der Waals surface area contributed by atoms with Crippen LogP contribution in [-0.2, 0) is 0 Å². The van der Waals surface area contributed by atoms with Crippen molar-refractivity contribution in [1.82, 2.24) is 0 Å². The van der Waals surface area contributed by atoms with Crippen molar-refractivity contribution in [3.05, 3.63) is 10.8 Å². The summed E-state index contributed by atoms with van der Waals surface area (Å²) >= 11 is 3.45. The van der Waals surface area contributed by atoms with Gasteiger partial charge in [0.2, 0.25) is 0 Å². The maximum atomic E-state index is 6.78. The fourth-order valence-electron chi connectivity index (χ4n) is 6.98. The molecule has 2 aromatic rings. The summed E-state index contributed by atoms with van der Waals surface area (Å²) in [5.41, 5.74) is 0.188. The van der Waals surface area contributed by atoms with Gasteiger partial charge in [-0.15, -0.1) is 22.7 Å². The van der Waals surface area contributed by atoms with Crippen molar-refractivity contribution in [1.29, 1.82) is 0 Å². The van der Waals surface area contributed by atoms with Crippen LogP contribution in [0, 0.1) is 10.8 Å². The molecule has 44 heavy (non-hydrogen) atoms. The Hall–Kier alpha value is -1.40. The molecule has 0 radical (unpaired) electrons. The van der Waals surface area contributed by atoms with E-state index in [-0.39, 0.29) is 10.8 Å². The third-order valence-electron chi connectivity index (χ3n) is 9.99. The topological polar surface area (TPSA) is 36.9 Å². The third-order valence-corrected chi connectivity index (χ3v) is 12.0. The highest BCUT2D eigenvalue weighted by Gasteiger charge is 2.38. The Morgan fingerprint density at radius 2 is 0.773 bits per heavy atom. The van der Waals surface area contributed by atoms with Crippen molar-refractivity contribution in [2.45, 2.75) is 156 Å². The fraction of sp³-hybridized carbons (Fsp3) is 0.789. The van der Waals surface area contributed by atoms with Gasteiger partial charge in [-0.25, -0.2) is 0 Å². The first-order valence-corrected chi connectivity index (χ1v) is 20.1. The van der Waals surface area contributed by atoms with Crippen LogP contribution < -0.4 is 18.9 Å². The van der Waals surface area contributed by atoms with Crippen molar-refractivity contribution in [3.8, 4) is 32.8 Å². The van der Waals surface area contributed by atoms with E-state index in [1.165, 1.54) is 128 Å². The van der Waals surface area contributed by atoms with Crippen LogP contribution in [0.4, 0.5) is 0 Å². The van der Waals surface area contributed by atoms with Crippen LogP contribution in [0.1, 0.15) is 156 Å². The van der Waals surface area contributed by atoms with E-state index in [1.54, 1.807) is 22.7 Å². The van der Waals surface area contributed by atoms with Gasteiger partial charge in [-0.2, -0.15) is 0 Å². The van der Waals surface area contributed by atoms with Crippen LogP contribution in [0.2, 0.25) is 0 Å². The van der Waals surface area contributed by atoms with E-state index >= 15 is 0 Å². The minimum Gasteiger partial charge on any atom is -0.488 e. The highest BCUT2D eigenvalue weighted by molar-refractivity contribution is 7.21. The molecule has 0 saturated heterocycles. The molecule has 0 aromatic carbocycles. The van der Waals surface area contributed by atoms with E-state index in [2.05, 4.69) is 38.5 Å². The normalized spacial score (nSPS) is 16.9. The zero-order valence-corrected chi connectivity index (χ0v) is 30.2. The molecule has 0 aliphatic carbocycles. The Kier molecular flexibility index (Phi) is 15.0. The largest absolute Gasteiger partial charge is 0.488 e. The molecule has 0 unspecified atom stereocenters. The molecule has 0 bridgehead atoms. The average Bonchev–Trinajstić information content (AvgIpc) is 3.53. The number of hydrogen-bond acceptors (Lipinski definition) is 6. The van der Waals surface area contributed by atoms with Crippen LogP contribution in [0.25, 0.3) is 9.75 Å². The summed E-state index contributed by atoms with van der Waals surface area (Å²) in [6, 6.07) is 0. The Morgan fingerprint density at radius 3 is 1.09 bits per heavy atom. The minimum atomic E-state index is 0.0938. The van der Waals surface area contributed by atoms with E-state index in [0.29, 0.717) is 0 Å². The second-order valence-electron chi connectivity index (χ2n) is 13.9. The lowest BCUT2D eigenvalue weighted by Gasteiger charge is -2.31. The number of thiophene rings is 2. The molecule has 2 aliphatic heterocycles. The van der Waals surface area contributed by atoms with Crippen molar-refractivity contribution < 1.29 is 18.9 Å². The summed E-state index contributed by atoms with van der Waals surface area (Å²) in [5, 5.41) is 4.31. The maximum Gasteiger partial charge on any atom is 0.180 e. The van der Waals surface area contributed by atoms with E-state index in [9.17, 15) is 0 Å². The summed E-state index contributed by atoms with van der Waals surface area (Å²) in [5.74, 6) is 3.66. The van der Waals surface area contributed by atoms with Gasteiger partial charge in [-0.05, 0) is 25.7 Å². The zero-order chi connectivity index (χ0) is 31.1. The Labute approximate surface area is 277 Å². The molecule has 0 fully saturated rings. The van der Waals surface area contributed by atoms with Crippen LogP contribution in [0.3, 0.4) is 0 Å². The standard InChI is InChI=1S/C38H62O4S2/c1-5-9-13-17-21-37(22-18-14-10-6-2)27-39-31-25-43-35(33(31)41-29-37)36-34-32(26-44-36)40-28-38(30-42-34,23-19-15-11-7-3)24-20-16-12-8-4/h25-26H,5-24,27-30H2,1-4H3. The third kappa shape index (κ3) is 9.80. The van der Waals surface area contributed by atoms with E-state index < -0.39 is 0 Å². The second kappa shape index (κ2) is 18.7. The van der Waals surface area contributed by atoms with Gasteiger partial charge in [0.15, 0.2) is 23.0 Å². The van der Waals surface area contributed by atoms with Crippen molar-refractivity contribution in [3.63, 3.8) is 0 Å². The Balaban J connectivity index is 1.48. The first-order valence-electron chi connectivity index (χ1n) is 18.3. The SMILES string of the molecule is CCCCCCC1(CCCCCC)COc2csc(-c3scc4c3OCC(CCCCCC)(CCCCCC)CO4)c2OC1. The molecule has 0 saturated carbocycles. The second-order valence-corrected chi connectivity index (χ2v) is 15.7. The first kappa shape index (κ1) is 35.5. The first-order chi connectivity index (χ1) is 21.6. The highest BCUT2D eigenvalue weighted by Crippen LogP contribution is 2.55. The summed E-state index contributed by atoms with van der Waals surface area (Å²) in [6.07, 6.45) is 25.3. The summed E-state index contributed by atoms with van der Waals surface area (Å²) in [7, 11) is 0. The lowest BCUT2D eigenvalue weighted by molar-refractivity contribution is 0.0780. The molecule has 2 aromatic heterocycles. The quantitative estimate of drug-likeness (QED) is 0.126. The Bertz CT molecular complexity index is 965. The van der Waals surface area contributed by atoms with E-state index in [4.69, 9.17) is 18.9 Å². The molecule has 4 nitrogen and oxygen atoms in total. The minimum absolute atomic E-state index is 0.0938. The van der Waals surface area contributed by atoms with Gasteiger partial charge in [-0.3, -0.25) is 0 Å². The van der Waals surface area contributed by atoms with Crippen LogP contribution in [0.5, 0.6) is 23.0 Å². The lowest BCUT2D eigenvalue weighted by Crippen LogP contribution is -2.34. The van der Waals surface area contributed by atoms with Crippen LogP contribution in [-0.4, -0.2) is 26.4 Å². The van der Waals surface area contributed by atoms with Crippen molar-refractivity contribution in [2.75, 3.05) is 26.4 Å². The maximum absolute atomic E-state index is 6.78. The molecular weight excluding hydrogens is 585 g/mol. The van der Waals surface area contributed by atoms with Gasteiger partial charge in [0, 0.05) is 21.6 Å². The predicted octanol–water partition coefficient (Wildman–Crippen LogP) is 12.9. The molecule has 4 heterocycles. The molecule has 0 amide bonds. The highest BCUT2D eigenvalue weighted by atomic mass is 32.1. The van der Waals surface area contributed by atoms with Crippen molar-refractivity contribution >= 4 is 22.7 Å². The molecule has 2 aliphatic rings. The fourth-order valence-corrected chi connectivity index (χ4v) is 9.00. The van der Waals surface area contributed by atoms with Gasteiger partial charge < -0.3 is 18.9 Å². The van der Waals surface area contributed by atoms with Crippen LogP contribution >= 0.6 is 22.7 Å². The van der Waals surface area contributed by atoms with Gasteiger partial charge >= 0.3 is 0 Å². The molecule has 0 N–H and O–H groups in total. The van der Waals surface area contributed by atoms with Gasteiger partial charge in [-0.1, -0.05) is 130 Å². The number of fused-ring (bicyclic) bond motifs is 2. The summed E-state index contributed by atoms with van der Waals surface area (Å²) < 4.78 is 26.8. The molecule has 0 spiro atoms. The smallest absolute Gasteiger partial charge is 0.180 e. The zero-order valence-electron chi connectivity index (χ0n) is 28.6. The van der Waals surface area contributed by atoms with Crippen molar-refractivity contribution in [2.24, 2.45) is 10.8 Å². The lowest BCUT2D eigenvalue weighted by atomic mass is 9.79. The molecular formula is C38H62O4S2. The van der Waals surface area contributed by atoms with E-state index in [1.807, 2.05) is 0 Å². The summed E-state index contributed by atoms with van der Waals surface area (Å²) in [4.78, 5) is 2.28. The van der Waals surface area contributed by atoms with Crippen LogP contribution in [0.15, 0.2) is 10.8 Å². The number of unbranched alkanes of at least 4 members (excludes halogenated alkanes) is 12. The molecule has 4 rings (SSSR count). The number of rotatable bonds is 21. The Morgan fingerprint density at radius 1 is 0.455 bits per heavy atom. The summed E-state index contributed by atoms with van der Waals surface area (Å²) in [6.45, 7) is 12.2. The number of ether oxygens (including phenoxy) is 4. The molecule has 0 atom stereocenters. The number of hydrogen-bond donors (Lipinski definition) is 0. The molecule has 250 valence electrons. The predicted molar refractivity (Wildman–Crippen MR) is 190 cm³/mol. The molecule has 6 heteroatoms. The van der Waals surface area contributed by atoms with Gasteiger partial charge in [0.1, 0.15) is 0 Å². The van der Waals surface area contributed by atoms with Gasteiger partial charge in [0.05, 0.1) is 36.2 Å². The van der Waals surface area contributed by atoms with Gasteiger partial charge in [0.25, 0.3) is 0 Å². The van der Waals surface area contributed by atoms with E-state index in [0.717, 1.165) is 59.2 Å². The monoisotopic (exact) mass is 646 g/mol. The average molecular weight is 647 g/mol.